The molecule has 0 aromatic heterocycles. The molecule has 1 aliphatic heterocycles. The predicted molar refractivity (Wildman–Crippen MR) is 60.1 cm³/mol. The Labute approximate surface area is 90.5 Å². The molecular formula is C12H18N2O. The smallest absolute Gasteiger partial charge is 0.0601 e. The van der Waals surface area contributed by atoms with Gasteiger partial charge in [0.15, 0.2) is 0 Å². The summed E-state index contributed by atoms with van der Waals surface area (Å²) in [4.78, 5) is 0. The van der Waals surface area contributed by atoms with Crippen LogP contribution >= 0.6 is 0 Å². The first-order chi connectivity index (χ1) is 7.36. The Morgan fingerprint density at radius 1 is 1.20 bits per heavy atom. The fraction of sp³-hybridized carbons (Fsp3) is 0.500. The molecule has 1 aromatic carbocycles. The minimum absolute atomic E-state index is 0.167. The van der Waals surface area contributed by atoms with Crippen molar-refractivity contribution in [2.24, 2.45) is 5.92 Å². The van der Waals surface area contributed by atoms with Gasteiger partial charge in [-0.3, -0.25) is 5.43 Å². The van der Waals surface area contributed by atoms with Gasteiger partial charge in [-0.2, -0.15) is 0 Å². The van der Waals surface area contributed by atoms with Crippen molar-refractivity contribution in [2.45, 2.75) is 25.4 Å². The Morgan fingerprint density at radius 2 is 1.93 bits per heavy atom. The van der Waals surface area contributed by atoms with E-state index < -0.39 is 0 Å². The van der Waals surface area contributed by atoms with Gasteiger partial charge >= 0.3 is 0 Å². The van der Waals surface area contributed by atoms with Gasteiger partial charge in [0.05, 0.1) is 12.6 Å². The summed E-state index contributed by atoms with van der Waals surface area (Å²) in [6.45, 7) is 2.35. The van der Waals surface area contributed by atoms with Crippen LogP contribution in [0.15, 0.2) is 30.3 Å². The second-order valence-corrected chi connectivity index (χ2v) is 4.04. The average Bonchev–Trinajstić information content (AvgIpc) is 2.72. The molecule has 3 nitrogen and oxygen atoms in total. The molecule has 3 N–H and O–H groups in total. The highest BCUT2D eigenvalue weighted by atomic mass is 16.3. The van der Waals surface area contributed by atoms with Crippen molar-refractivity contribution in [2.75, 3.05) is 6.61 Å². The molecule has 1 heterocycles. The highest BCUT2D eigenvalue weighted by Gasteiger charge is 2.34. The molecule has 0 radical (unpaired) electrons. The van der Waals surface area contributed by atoms with Crippen molar-refractivity contribution in [1.29, 1.82) is 0 Å². The third kappa shape index (κ3) is 2.04. The van der Waals surface area contributed by atoms with Crippen molar-refractivity contribution >= 4 is 0 Å². The number of hydrogen-bond acceptors (Lipinski definition) is 3. The van der Waals surface area contributed by atoms with E-state index >= 15 is 0 Å². The van der Waals surface area contributed by atoms with E-state index in [2.05, 4.69) is 42.0 Å². The molecule has 15 heavy (non-hydrogen) atoms. The van der Waals surface area contributed by atoms with E-state index in [0.717, 1.165) is 6.42 Å². The Balaban J connectivity index is 2.17. The largest absolute Gasteiger partial charge is 0.395 e. The molecule has 2 rings (SSSR count). The maximum Gasteiger partial charge on any atom is 0.0601 e. The van der Waals surface area contributed by atoms with Crippen LogP contribution in [0.3, 0.4) is 0 Å². The summed E-state index contributed by atoms with van der Waals surface area (Å²) in [5, 5.41) is 9.23. The lowest BCUT2D eigenvalue weighted by molar-refractivity contribution is 0.220. The van der Waals surface area contributed by atoms with Gasteiger partial charge in [-0.15, -0.1) is 0 Å². The first-order valence-corrected chi connectivity index (χ1v) is 5.53. The molecule has 1 saturated heterocycles. The highest BCUT2D eigenvalue weighted by molar-refractivity contribution is 5.21. The minimum atomic E-state index is 0.167. The lowest BCUT2D eigenvalue weighted by atomic mass is 9.88. The van der Waals surface area contributed by atoms with E-state index in [9.17, 15) is 5.11 Å². The number of hydrazine groups is 1. The maximum atomic E-state index is 9.23. The number of hydrogen-bond donors (Lipinski definition) is 3. The zero-order valence-electron chi connectivity index (χ0n) is 8.98. The van der Waals surface area contributed by atoms with Crippen molar-refractivity contribution in [1.82, 2.24) is 10.9 Å². The molecule has 0 aliphatic carbocycles. The summed E-state index contributed by atoms with van der Waals surface area (Å²) >= 11 is 0. The zero-order valence-corrected chi connectivity index (χ0v) is 8.98. The molecule has 0 bridgehead atoms. The molecule has 82 valence electrons. The summed E-state index contributed by atoms with van der Waals surface area (Å²) in [5.41, 5.74) is 7.71. The van der Waals surface area contributed by atoms with E-state index in [4.69, 9.17) is 0 Å². The topological polar surface area (TPSA) is 44.3 Å². The molecule has 0 amide bonds. The molecule has 3 unspecified atom stereocenters. The number of rotatable bonds is 3. The monoisotopic (exact) mass is 206 g/mol. The molecule has 1 aromatic rings. The van der Waals surface area contributed by atoms with Gasteiger partial charge in [0, 0.05) is 6.04 Å². The molecule has 1 aliphatic rings. The normalized spacial score (nSPS) is 30.7. The molecule has 0 spiro atoms. The average molecular weight is 206 g/mol. The van der Waals surface area contributed by atoms with E-state index in [0.29, 0.717) is 12.0 Å². The second kappa shape index (κ2) is 4.75. The van der Waals surface area contributed by atoms with Crippen LogP contribution in [-0.2, 0) is 0 Å². The maximum absolute atomic E-state index is 9.23. The van der Waals surface area contributed by atoms with Gasteiger partial charge in [-0.05, 0) is 17.9 Å². The standard InChI is InChI=1S/C12H18N2O/c1-2-10-11(8-15)13-14-12(10)9-6-4-3-5-7-9/h3-7,10-15H,2,8H2,1H3. The molecule has 0 saturated carbocycles. The van der Waals surface area contributed by atoms with Crippen LogP contribution in [0.5, 0.6) is 0 Å². The zero-order chi connectivity index (χ0) is 10.7. The molecule has 3 heteroatoms. The lowest BCUT2D eigenvalue weighted by Gasteiger charge is -2.20. The summed E-state index contributed by atoms with van der Waals surface area (Å²) in [6, 6.07) is 10.9. The van der Waals surface area contributed by atoms with E-state index in [1.165, 1.54) is 5.56 Å². The van der Waals surface area contributed by atoms with Gasteiger partial charge in [-0.25, -0.2) is 5.43 Å². The number of aliphatic hydroxyl groups is 1. The quantitative estimate of drug-likeness (QED) is 0.697. The van der Waals surface area contributed by atoms with Crippen LogP contribution in [0.25, 0.3) is 0 Å². The summed E-state index contributed by atoms with van der Waals surface area (Å²) in [6.07, 6.45) is 1.06. The van der Waals surface area contributed by atoms with Crippen LogP contribution < -0.4 is 10.9 Å². The Morgan fingerprint density at radius 3 is 2.53 bits per heavy atom. The highest BCUT2D eigenvalue weighted by Crippen LogP contribution is 2.30. The summed E-state index contributed by atoms with van der Waals surface area (Å²) in [7, 11) is 0. The Hall–Kier alpha value is -0.900. The second-order valence-electron chi connectivity index (χ2n) is 4.04. The van der Waals surface area contributed by atoms with Gasteiger partial charge < -0.3 is 5.11 Å². The minimum Gasteiger partial charge on any atom is -0.395 e. The Bertz CT molecular complexity index is 302. The van der Waals surface area contributed by atoms with E-state index in [-0.39, 0.29) is 12.6 Å². The van der Waals surface area contributed by atoms with Crippen molar-refractivity contribution in [3.05, 3.63) is 35.9 Å². The fourth-order valence-electron chi connectivity index (χ4n) is 2.34. The van der Waals surface area contributed by atoms with Gasteiger partial charge in [-0.1, -0.05) is 37.3 Å². The van der Waals surface area contributed by atoms with Crippen LogP contribution in [0.2, 0.25) is 0 Å². The number of nitrogens with one attached hydrogen (secondary N) is 2. The first kappa shape index (κ1) is 10.6. The van der Waals surface area contributed by atoms with Crippen LogP contribution in [0.1, 0.15) is 24.9 Å². The first-order valence-electron chi connectivity index (χ1n) is 5.53. The third-order valence-electron chi connectivity index (χ3n) is 3.20. The van der Waals surface area contributed by atoms with Gasteiger partial charge in [0.2, 0.25) is 0 Å². The number of benzene rings is 1. The predicted octanol–water partition coefficient (Wildman–Crippen LogP) is 1.22. The van der Waals surface area contributed by atoms with E-state index in [1.807, 2.05) is 6.07 Å². The Kier molecular flexibility index (Phi) is 3.36. The van der Waals surface area contributed by atoms with E-state index in [1.54, 1.807) is 0 Å². The third-order valence-corrected chi connectivity index (χ3v) is 3.20. The van der Waals surface area contributed by atoms with Crippen molar-refractivity contribution < 1.29 is 5.11 Å². The fourth-order valence-corrected chi connectivity index (χ4v) is 2.34. The van der Waals surface area contributed by atoms with Crippen molar-refractivity contribution in [3.8, 4) is 0 Å². The van der Waals surface area contributed by atoms with Crippen LogP contribution in [-0.4, -0.2) is 17.8 Å². The summed E-state index contributed by atoms with van der Waals surface area (Å²) < 4.78 is 0. The van der Waals surface area contributed by atoms with Crippen molar-refractivity contribution in [3.63, 3.8) is 0 Å². The SMILES string of the molecule is CCC1C(CO)NNC1c1ccccc1. The van der Waals surface area contributed by atoms with Crippen LogP contribution in [0, 0.1) is 5.92 Å². The summed E-state index contributed by atoms with van der Waals surface area (Å²) in [5.74, 6) is 0.456. The van der Waals surface area contributed by atoms with Gasteiger partial charge in [0.1, 0.15) is 0 Å². The van der Waals surface area contributed by atoms with Gasteiger partial charge in [0.25, 0.3) is 0 Å². The molecule has 1 fully saturated rings. The van der Waals surface area contributed by atoms with Crippen LogP contribution in [0.4, 0.5) is 0 Å². The molecule has 3 atom stereocenters. The number of aliphatic hydroxyl groups excluding tert-OH is 1. The molecular weight excluding hydrogens is 188 g/mol. The lowest BCUT2D eigenvalue weighted by Crippen LogP contribution is -2.34.